The zero-order valence-electron chi connectivity index (χ0n) is 25.2. The zero-order chi connectivity index (χ0) is 32.2. The monoisotopic (exact) mass is 646 g/mol. The van der Waals surface area contributed by atoms with Gasteiger partial charge in [0, 0.05) is 13.0 Å². The summed E-state index contributed by atoms with van der Waals surface area (Å²) in [5, 5.41) is 2.19. The Bertz CT molecular complexity index is 1460. The van der Waals surface area contributed by atoms with Gasteiger partial charge in [0.1, 0.15) is 6.04 Å². The lowest BCUT2D eigenvalue weighted by atomic mass is 10.0. The quantitative estimate of drug-likeness (QED) is 0.134. The maximum absolute atomic E-state index is 12.9. The Hall–Kier alpha value is -3.53. The van der Waals surface area contributed by atoms with E-state index in [1.807, 2.05) is 6.92 Å². The number of rotatable bonds is 19. The van der Waals surface area contributed by atoms with Crippen LogP contribution in [0, 0.1) is 6.92 Å². The molecular formula is C31H38N2O11S. The molecule has 1 atom stereocenters. The highest BCUT2D eigenvalue weighted by atomic mass is 32.2. The number of fused-ring (bicyclic) bond motifs is 1. The summed E-state index contributed by atoms with van der Waals surface area (Å²) in [7, 11) is -3.80. The summed E-state index contributed by atoms with van der Waals surface area (Å²) in [6.07, 6.45) is 1.53. The maximum Gasteiger partial charge on any atom is 0.297 e. The van der Waals surface area contributed by atoms with Gasteiger partial charge in [-0.3, -0.25) is 33.6 Å². The average Bonchev–Trinajstić information content (AvgIpc) is 3.25. The molecule has 1 unspecified atom stereocenters. The number of aryl methyl sites for hydroxylation is 2. The van der Waals surface area contributed by atoms with Gasteiger partial charge in [-0.05, 0) is 56.0 Å². The maximum atomic E-state index is 12.9. The number of hydrogen-bond acceptors (Lipinski definition) is 11. The van der Waals surface area contributed by atoms with Crippen molar-refractivity contribution < 1.29 is 50.7 Å². The minimum atomic E-state index is -3.80. The molecule has 1 N–H and O–H groups in total. The molecule has 0 aliphatic carbocycles. The van der Waals surface area contributed by atoms with Crippen molar-refractivity contribution in [3.8, 4) is 0 Å². The number of nitrogens with zero attached hydrogens (tertiary/aromatic N) is 1. The van der Waals surface area contributed by atoms with Crippen molar-refractivity contribution in [2.24, 2.45) is 0 Å². The normalized spacial score (nSPS) is 16.7. The minimum absolute atomic E-state index is 0.0780. The Morgan fingerprint density at radius 1 is 0.756 bits per heavy atom. The van der Waals surface area contributed by atoms with Gasteiger partial charge >= 0.3 is 0 Å². The molecule has 0 saturated carbocycles. The number of carbonyl (C=O) groups is 4. The third kappa shape index (κ3) is 9.73. The molecule has 45 heavy (non-hydrogen) atoms. The second-order valence-electron chi connectivity index (χ2n) is 10.5. The van der Waals surface area contributed by atoms with Crippen LogP contribution in [-0.4, -0.2) is 102 Å². The molecule has 2 aromatic rings. The molecule has 1 saturated heterocycles. The van der Waals surface area contributed by atoms with Crippen molar-refractivity contribution in [1.82, 2.24) is 10.2 Å². The molecule has 244 valence electrons. The minimum Gasteiger partial charge on any atom is -0.379 e. The molecule has 13 nitrogen and oxygen atoms in total. The largest absolute Gasteiger partial charge is 0.379 e. The van der Waals surface area contributed by atoms with Gasteiger partial charge < -0.3 is 18.9 Å². The van der Waals surface area contributed by atoms with E-state index in [0.717, 1.165) is 16.0 Å². The Morgan fingerprint density at radius 2 is 1.33 bits per heavy atom. The highest BCUT2D eigenvalue weighted by molar-refractivity contribution is 7.86. The Kier molecular flexibility index (Phi) is 12.7. The van der Waals surface area contributed by atoms with Crippen LogP contribution in [0.3, 0.4) is 0 Å². The average molecular weight is 647 g/mol. The molecule has 2 heterocycles. The van der Waals surface area contributed by atoms with E-state index in [1.165, 1.54) is 12.1 Å². The lowest BCUT2D eigenvalue weighted by Crippen LogP contribution is -2.54. The third-order valence-electron chi connectivity index (χ3n) is 7.15. The highest BCUT2D eigenvalue weighted by Crippen LogP contribution is 2.28. The Balaban J connectivity index is 0.986. The van der Waals surface area contributed by atoms with Gasteiger partial charge in [-0.1, -0.05) is 23.8 Å². The fourth-order valence-corrected chi connectivity index (χ4v) is 5.68. The number of piperidine rings is 1. The van der Waals surface area contributed by atoms with Gasteiger partial charge in [0.05, 0.1) is 68.9 Å². The molecular weight excluding hydrogens is 608 g/mol. The third-order valence-corrected chi connectivity index (χ3v) is 8.48. The Labute approximate surface area is 262 Å². The molecule has 0 aromatic heterocycles. The molecule has 2 aliphatic rings. The van der Waals surface area contributed by atoms with Gasteiger partial charge in [0.15, 0.2) is 0 Å². The second-order valence-corrected chi connectivity index (χ2v) is 12.1. The first-order chi connectivity index (χ1) is 21.7. The summed E-state index contributed by atoms with van der Waals surface area (Å²) in [6.45, 7) is 4.60. The van der Waals surface area contributed by atoms with Crippen LogP contribution in [0.4, 0.5) is 0 Å². The molecule has 4 rings (SSSR count). The van der Waals surface area contributed by atoms with Gasteiger partial charge in [-0.25, -0.2) is 0 Å². The first kappa shape index (κ1) is 34.3. The summed E-state index contributed by atoms with van der Waals surface area (Å²) >= 11 is 0. The SMILES string of the molecule is Cc1ccc(S(=O)(=O)OCCOCCOCCOCCOCCCc2ccc3c(c2)C(=O)N(C2CCC(=O)NC2=O)C3=O)cc1. The molecule has 14 heteroatoms. The van der Waals surface area contributed by atoms with E-state index < -0.39 is 39.8 Å². The van der Waals surface area contributed by atoms with E-state index in [9.17, 15) is 27.6 Å². The van der Waals surface area contributed by atoms with Crippen LogP contribution in [0.1, 0.15) is 51.1 Å². The molecule has 1 fully saturated rings. The number of benzene rings is 2. The van der Waals surface area contributed by atoms with E-state index in [4.69, 9.17) is 23.1 Å². The number of amides is 4. The lowest BCUT2D eigenvalue weighted by Gasteiger charge is -2.27. The van der Waals surface area contributed by atoms with Crippen molar-refractivity contribution in [2.45, 2.75) is 43.5 Å². The lowest BCUT2D eigenvalue weighted by molar-refractivity contribution is -0.136. The summed E-state index contributed by atoms with van der Waals surface area (Å²) in [5.41, 5.74) is 2.36. The number of imide groups is 2. The molecule has 2 aliphatic heterocycles. The summed E-state index contributed by atoms with van der Waals surface area (Å²) in [5.74, 6) is -2.08. The predicted octanol–water partition coefficient (Wildman–Crippen LogP) is 1.80. The van der Waals surface area contributed by atoms with Crippen LogP contribution in [0.15, 0.2) is 47.4 Å². The van der Waals surface area contributed by atoms with Crippen molar-refractivity contribution in [1.29, 1.82) is 0 Å². The van der Waals surface area contributed by atoms with Gasteiger partial charge in [-0.15, -0.1) is 0 Å². The summed E-state index contributed by atoms with van der Waals surface area (Å²) in [4.78, 5) is 50.4. The van der Waals surface area contributed by atoms with Crippen molar-refractivity contribution >= 4 is 33.7 Å². The van der Waals surface area contributed by atoms with E-state index in [1.54, 1.807) is 30.3 Å². The van der Waals surface area contributed by atoms with Crippen LogP contribution in [-0.2, 0) is 49.3 Å². The molecule has 0 spiro atoms. The number of hydrogen-bond donors (Lipinski definition) is 1. The molecule has 0 radical (unpaired) electrons. The van der Waals surface area contributed by atoms with Crippen LogP contribution in [0.5, 0.6) is 0 Å². The van der Waals surface area contributed by atoms with Crippen molar-refractivity contribution in [3.05, 3.63) is 64.7 Å². The zero-order valence-corrected chi connectivity index (χ0v) is 26.0. The van der Waals surface area contributed by atoms with Crippen LogP contribution in [0.2, 0.25) is 0 Å². The smallest absolute Gasteiger partial charge is 0.297 e. The first-order valence-corrected chi connectivity index (χ1v) is 16.2. The first-order valence-electron chi connectivity index (χ1n) is 14.8. The summed E-state index contributed by atoms with van der Waals surface area (Å²) in [6, 6.07) is 10.5. The standard InChI is InChI=1S/C31H38N2O11S/c1-22-4-7-24(8-5-22)45(38,39)44-20-19-43-18-17-42-16-15-41-14-13-40-12-2-3-23-6-9-25-26(21-23)31(37)33(30(25)36)27-10-11-28(34)32-29(27)35/h4-9,21,27H,2-3,10-20H2,1H3,(H,32,34,35). The highest BCUT2D eigenvalue weighted by Gasteiger charge is 2.44. The van der Waals surface area contributed by atoms with Gasteiger partial charge in [-0.2, -0.15) is 8.42 Å². The molecule has 2 aromatic carbocycles. The second kappa shape index (κ2) is 16.7. The van der Waals surface area contributed by atoms with Crippen molar-refractivity contribution in [3.63, 3.8) is 0 Å². The summed E-state index contributed by atoms with van der Waals surface area (Å²) < 4.78 is 51.0. The van der Waals surface area contributed by atoms with Gasteiger partial charge in [0.25, 0.3) is 21.9 Å². The van der Waals surface area contributed by atoms with Crippen molar-refractivity contribution in [2.75, 3.05) is 59.5 Å². The topological polar surface area (TPSA) is 164 Å². The van der Waals surface area contributed by atoms with Gasteiger partial charge in [0.2, 0.25) is 11.8 Å². The fourth-order valence-electron chi connectivity index (χ4n) is 4.79. The number of carbonyl (C=O) groups excluding carboxylic acids is 4. The van der Waals surface area contributed by atoms with E-state index in [2.05, 4.69) is 5.32 Å². The number of nitrogens with one attached hydrogen (secondary N) is 1. The number of ether oxygens (including phenoxy) is 4. The predicted molar refractivity (Wildman–Crippen MR) is 159 cm³/mol. The van der Waals surface area contributed by atoms with E-state index >= 15 is 0 Å². The molecule has 0 bridgehead atoms. The van der Waals surface area contributed by atoms with Crippen LogP contribution < -0.4 is 5.32 Å². The van der Waals surface area contributed by atoms with E-state index in [-0.39, 0.29) is 42.1 Å². The molecule has 4 amide bonds. The fraction of sp³-hybridized carbons (Fsp3) is 0.484. The van der Waals surface area contributed by atoms with Crippen LogP contribution >= 0.6 is 0 Å². The Morgan fingerprint density at radius 3 is 1.96 bits per heavy atom. The van der Waals surface area contributed by atoms with Crippen LogP contribution in [0.25, 0.3) is 0 Å². The van der Waals surface area contributed by atoms with E-state index in [0.29, 0.717) is 59.1 Å².